The molecule has 17 heavy (non-hydrogen) atoms. The Morgan fingerprint density at radius 3 is 2.53 bits per heavy atom. The van der Waals surface area contributed by atoms with Crippen LogP contribution in [0.1, 0.15) is 42.3 Å². The summed E-state index contributed by atoms with van der Waals surface area (Å²) in [7, 11) is 0. The highest BCUT2D eigenvalue weighted by Gasteiger charge is 2.37. The van der Waals surface area contributed by atoms with E-state index in [4.69, 9.17) is 11.6 Å². The van der Waals surface area contributed by atoms with Gasteiger partial charge in [0.1, 0.15) is 0 Å². The van der Waals surface area contributed by atoms with E-state index in [1.807, 2.05) is 0 Å². The van der Waals surface area contributed by atoms with Crippen molar-refractivity contribution in [2.24, 2.45) is 0 Å². The SMILES string of the molecule is Cc1cc2c(c3ccccc13)C(C)(C)CC2Cl. The average molecular weight is 245 g/mol. The Labute approximate surface area is 108 Å². The van der Waals surface area contributed by atoms with Gasteiger partial charge in [0.2, 0.25) is 0 Å². The summed E-state index contributed by atoms with van der Waals surface area (Å²) >= 11 is 6.50. The zero-order valence-corrected chi connectivity index (χ0v) is 11.3. The third kappa shape index (κ3) is 1.51. The summed E-state index contributed by atoms with van der Waals surface area (Å²) in [6.07, 6.45) is 1.04. The molecule has 2 aromatic carbocycles. The predicted octanol–water partition coefficient (Wildman–Crippen LogP) is 5.11. The van der Waals surface area contributed by atoms with Gasteiger partial charge < -0.3 is 0 Å². The van der Waals surface area contributed by atoms with Crippen molar-refractivity contribution in [2.75, 3.05) is 0 Å². The summed E-state index contributed by atoms with van der Waals surface area (Å²) in [5.41, 5.74) is 4.32. The van der Waals surface area contributed by atoms with Crippen LogP contribution in [0.15, 0.2) is 30.3 Å². The molecule has 1 aliphatic rings. The topological polar surface area (TPSA) is 0 Å². The van der Waals surface area contributed by atoms with Crippen LogP contribution in [0, 0.1) is 6.92 Å². The summed E-state index contributed by atoms with van der Waals surface area (Å²) in [5, 5.41) is 2.92. The van der Waals surface area contributed by atoms with E-state index < -0.39 is 0 Å². The molecule has 88 valence electrons. The molecule has 0 fully saturated rings. The van der Waals surface area contributed by atoms with Crippen LogP contribution in [0.2, 0.25) is 0 Å². The Bertz CT molecular complexity index is 596. The van der Waals surface area contributed by atoms with Crippen LogP contribution in [0.3, 0.4) is 0 Å². The first-order valence-corrected chi connectivity index (χ1v) is 6.61. The van der Waals surface area contributed by atoms with Crippen molar-refractivity contribution < 1.29 is 0 Å². The first kappa shape index (κ1) is 11.1. The van der Waals surface area contributed by atoms with Crippen molar-refractivity contribution in [3.05, 3.63) is 47.0 Å². The minimum Gasteiger partial charge on any atom is -0.118 e. The smallest absolute Gasteiger partial charge is 0.0596 e. The zero-order chi connectivity index (χ0) is 12.2. The molecule has 0 radical (unpaired) electrons. The van der Waals surface area contributed by atoms with E-state index in [-0.39, 0.29) is 10.8 Å². The van der Waals surface area contributed by atoms with Crippen LogP contribution in [0.25, 0.3) is 10.8 Å². The lowest BCUT2D eigenvalue weighted by Gasteiger charge is -2.21. The summed E-state index contributed by atoms with van der Waals surface area (Å²) in [6.45, 7) is 6.78. The van der Waals surface area contributed by atoms with Gasteiger partial charge in [0.25, 0.3) is 0 Å². The third-order valence-corrected chi connectivity index (χ3v) is 4.38. The molecular weight excluding hydrogens is 228 g/mol. The monoisotopic (exact) mass is 244 g/mol. The van der Waals surface area contributed by atoms with Gasteiger partial charge >= 0.3 is 0 Å². The van der Waals surface area contributed by atoms with Crippen LogP contribution < -0.4 is 0 Å². The fraction of sp³-hybridized carbons (Fsp3) is 0.375. The van der Waals surface area contributed by atoms with Crippen molar-refractivity contribution in [2.45, 2.75) is 38.0 Å². The summed E-state index contributed by atoms with van der Waals surface area (Å²) in [5.74, 6) is 0. The van der Waals surface area contributed by atoms with Crippen molar-refractivity contribution in [1.29, 1.82) is 0 Å². The van der Waals surface area contributed by atoms with E-state index in [0.29, 0.717) is 0 Å². The Balaban J connectivity index is 2.47. The number of hydrogen-bond donors (Lipinski definition) is 0. The second-order valence-corrected chi connectivity index (χ2v) is 6.29. The Morgan fingerprint density at radius 2 is 1.82 bits per heavy atom. The number of halogens is 1. The Kier molecular flexibility index (Phi) is 2.28. The number of alkyl halides is 1. The minimum atomic E-state index is 0.170. The number of benzene rings is 2. The lowest BCUT2D eigenvalue weighted by atomic mass is 9.83. The van der Waals surface area contributed by atoms with Crippen LogP contribution in [-0.4, -0.2) is 0 Å². The molecule has 0 amide bonds. The molecule has 2 aromatic rings. The van der Waals surface area contributed by atoms with Gasteiger partial charge in [-0.15, -0.1) is 11.6 Å². The predicted molar refractivity (Wildman–Crippen MR) is 74.9 cm³/mol. The maximum absolute atomic E-state index is 6.50. The molecule has 0 saturated carbocycles. The minimum absolute atomic E-state index is 0.170. The molecule has 1 unspecified atom stereocenters. The highest BCUT2D eigenvalue weighted by molar-refractivity contribution is 6.21. The highest BCUT2D eigenvalue weighted by atomic mass is 35.5. The molecule has 0 aromatic heterocycles. The van der Waals surface area contributed by atoms with E-state index in [1.54, 1.807) is 0 Å². The Hall–Kier alpha value is -1.01. The van der Waals surface area contributed by atoms with Gasteiger partial charge in [-0.25, -0.2) is 0 Å². The third-order valence-electron chi connectivity index (χ3n) is 3.99. The van der Waals surface area contributed by atoms with E-state index in [0.717, 1.165) is 6.42 Å². The van der Waals surface area contributed by atoms with Gasteiger partial charge in [-0.3, -0.25) is 0 Å². The second-order valence-electron chi connectivity index (χ2n) is 5.76. The number of aryl methyl sites for hydroxylation is 1. The fourth-order valence-electron chi connectivity index (χ4n) is 3.25. The van der Waals surface area contributed by atoms with Crippen LogP contribution >= 0.6 is 11.6 Å². The number of rotatable bonds is 0. The lowest BCUT2D eigenvalue weighted by molar-refractivity contribution is 0.520. The van der Waals surface area contributed by atoms with E-state index in [9.17, 15) is 0 Å². The van der Waals surface area contributed by atoms with Crippen molar-refractivity contribution in [3.8, 4) is 0 Å². The number of fused-ring (bicyclic) bond motifs is 3. The Morgan fingerprint density at radius 1 is 1.18 bits per heavy atom. The summed E-state index contributed by atoms with van der Waals surface area (Å²) in [4.78, 5) is 0. The zero-order valence-electron chi connectivity index (χ0n) is 10.5. The maximum Gasteiger partial charge on any atom is 0.0596 e. The van der Waals surface area contributed by atoms with Gasteiger partial charge in [0.05, 0.1) is 5.38 Å². The first-order valence-electron chi connectivity index (χ1n) is 6.17. The van der Waals surface area contributed by atoms with Crippen molar-refractivity contribution in [3.63, 3.8) is 0 Å². The molecule has 0 heterocycles. The first-order chi connectivity index (χ1) is 8.00. The number of hydrogen-bond acceptors (Lipinski definition) is 0. The molecule has 0 N–H and O–H groups in total. The molecule has 1 aliphatic carbocycles. The van der Waals surface area contributed by atoms with Gasteiger partial charge in [-0.2, -0.15) is 0 Å². The molecule has 0 aliphatic heterocycles. The van der Waals surface area contributed by atoms with E-state index in [1.165, 1.54) is 27.5 Å². The van der Waals surface area contributed by atoms with Crippen molar-refractivity contribution >= 4 is 22.4 Å². The average Bonchev–Trinajstić information content (AvgIpc) is 2.49. The van der Waals surface area contributed by atoms with E-state index in [2.05, 4.69) is 51.1 Å². The quantitative estimate of drug-likeness (QED) is 0.565. The molecule has 0 bridgehead atoms. The van der Waals surface area contributed by atoms with Gasteiger partial charge in [0.15, 0.2) is 0 Å². The highest BCUT2D eigenvalue weighted by Crippen LogP contribution is 2.50. The molecule has 3 rings (SSSR count). The van der Waals surface area contributed by atoms with Crippen LogP contribution in [0.5, 0.6) is 0 Å². The van der Waals surface area contributed by atoms with Crippen molar-refractivity contribution in [1.82, 2.24) is 0 Å². The van der Waals surface area contributed by atoms with Gasteiger partial charge in [0, 0.05) is 0 Å². The maximum atomic E-state index is 6.50. The fourth-order valence-corrected chi connectivity index (χ4v) is 3.80. The van der Waals surface area contributed by atoms with Crippen LogP contribution in [-0.2, 0) is 5.41 Å². The van der Waals surface area contributed by atoms with Crippen LogP contribution in [0.4, 0.5) is 0 Å². The summed E-state index contributed by atoms with van der Waals surface area (Å²) in [6, 6.07) is 11.0. The van der Waals surface area contributed by atoms with Gasteiger partial charge in [-0.1, -0.05) is 44.2 Å². The van der Waals surface area contributed by atoms with Gasteiger partial charge in [-0.05, 0) is 46.2 Å². The molecular formula is C16H17Cl. The largest absolute Gasteiger partial charge is 0.118 e. The molecule has 0 nitrogen and oxygen atoms in total. The normalized spacial score (nSPS) is 21.8. The standard InChI is InChI=1S/C16H17Cl/c1-10-8-13-14(17)9-16(2,3)15(13)12-7-5-4-6-11(10)12/h4-8,14H,9H2,1-3H3. The van der Waals surface area contributed by atoms with E-state index >= 15 is 0 Å². The second kappa shape index (κ2) is 3.49. The molecule has 0 saturated heterocycles. The molecule has 0 spiro atoms. The summed E-state index contributed by atoms with van der Waals surface area (Å²) < 4.78 is 0. The lowest BCUT2D eigenvalue weighted by Crippen LogP contribution is -2.12. The molecule has 1 atom stereocenters. The molecule has 1 heteroatoms.